The van der Waals surface area contributed by atoms with E-state index in [1.807, 2.05) is 36.4 Å². The van der Waals surface area contributed by atoms with Gasteiger partial charge in [0.25, 0.3) is 0 Å². The van der Waals surface area contributed by atoms with Crippen LogP contribution in [0.3, 0.4) is 0 Å². The van der Waals surface area contributed by atoms with Crippen LogP contribution in [-0.4, -0.2) is 4.98 Å². The molecule has 19 heavy (non-hydrogen) atoms. The normalized spacial score (nSPS) is 10.8. The molecule has 2 aromatic carbocycles. The summed E-state index contributed by atoms with van der Waals surface area (Å²) < 4.78 is 5.79. The van der Waals surface area contributed by atoms with Crippen LogP contribution < -0.4 is 0 Å². The van der Waals surface area contributed by atoms with Gasteiger partial charge in [0.05, 0.1) is 0 Å². The minimum absolute atomic E-state index is 0.673. The van der Waals surface area contributed by atoms with Gasteiger partial charge in [0.1, 0.15) is 5.52 Å². The van der Waals surface area contributed by atoms with E-state index in [1.54, 1.807) is 0 Å². The van der Waals surface area contributed by atoms with E-state index < -0.39 is 0 Å². The monoisotopic (exact) mass is 249 g/mol. The first-order valence-electron chi connectivity index (χ1n) is 6.43. The van der Waals surface area contributed by atoms with Crippen molar-refractivity contribution in [2.24, 2.45) is 0 Å². The van der Waals surface area contributed by atoms with Gasteiger partial charge in [-0.05, 0) is 41.8 Å². The Morgan fingerprint density at radius 3 is 2.79 bits per heavy atom. The van der Waals surface area contributed by atoms with Gasteiger partial charge in [0.2, 0.25) is 5.89 Å². The molecular weight excluding hydrogens is 234 g/mol. The molecule has 0 radical (unpaired) electrons. The summed E-state index contributed by atoms with van der Waals surface area (Å²) in [7, 11) is 0. The van der Waals surface area contributed by atoms with Crippen LogP contribution in [0.15, 0.2) is 53.5 Å². The van der Waals surface area contributed by atoms with Gasteiger partial charge in [-0.15, -0.1) is 0 Å². The fraction of sp³-hybridized carbons (Fsp3) is 0.118. The Labute approximate surface area is 112 Å². The molecule has 0 N–H and O–H groups in total. The second kappa shape index (κ2) is 4.73. The Balaban J connectivity index is 2.13. The highest BCUT2D eigenvalue weighted by Gasteiger charge is 2.09. The lowest BCUT2D eigenvalue weighted by Crippen LogP contribution is -1.88. The summed E-state index contributed by atoms with van der Waals surface area (Å²) in [5, 5.41) is 0. The first kappa shape index (κ1) is 11.7. The summed E-state index contributed by atoms with van der Waals surface area (Å²) in [6.07, 6.45) is 2.85. The summed E-state index contributed by atoms with van der Waals surface area (Å²) in [6.45, 7) is 5.97. The van der Waals surface area contributed by atoms with E-state index in [1.165, 1.54) is 11.1 Å². The van der Waals surface area contributed by atoms with Crippen molar-refractivity contribution >= 4 is 17.2 Å². The lowest BCUT2D eigenvalue weighted by molar-refractivity contribution is 0.619. The second-order valence-electron chi connectivity index (χ2n) is 4.46. The molecule has 0 aliphatic rings. The van der Waals surface area contributed by atoms with Crippen molar-refractivity contribution in [3.8, 4) is 11.5 Å². The minimum atomic E-state index is 0.673. The Morgan fingerprint density at radius 2 is 2.05 bits per heavy atom. The highest BCUT2D eigenvalue weighted by molar-refractivity contribution is 5.76. The Hall–Kier alpha value is -2.35. The molecule has 0 aliphatic heterocycles. The topological polar surface area (TPSA) is 26.0 Å². The van der Waals surface area contributed by atoms with E-state index in [0.29, 0.717) is 5.89 Å². The third kappa shape index (κ3) is 2.06. The van der Waals surface area contributed by atoms with Crippen LogP contribution in [0.25, 0.3) is 28.6 Å². The second-order valence-corrected chi connectivity index (χ2v) is 4.46. The third-order valence-electron chi connectivity index (χ3n) is 3.28. The molecule has 0 bridgehead atoms. The zero-order chi connectivity index (χ0) is 13.2. The van der Waals surface area contributed by atoms with Gasteiger partial charge in [-0.25, -0.2) is 4.98 Å². The van der Waals surface area contributed by atoms with Crippen molar-refractivity contribution in [1.82, 2.24) is 4.98 Å². The smallest absolute Gasteiger partial charge is 0.227 e. The van der Waals surface area contributed by atoms with Crippen LogP contribution in [0.4, 0.5) is 0 Å². The highest BCUT2D eigenvalue weighted by atomic mass is 16.3. The van der Waals surface area contributed by atoms with Crippen LogP contribution in [0.1, 0.15) is 18.1 Å². The quantitative estimate of drug-likeness (QED) is 0.672. The van der Waals surface area contributed by atoms with E-state index >= 15 is 0 Å². The molecule has 94 valence electrons. The minimum Gasteiger partial charge on any atom is -0.436 e. The molecule has 3 rings (SSSR count). The predicted octanol–water partition coefficient (Wildman–Crippen LogP) is 4.70. The largest absolute Gasteiger partial charge is 0.436 e. The van der Waals surface area contributed by atoms with E-state index in [0.717, 1.165) is 23.1 Å². The fourth-order valence-electron chi connectivity index (χ4n) is 2.24. The highest BCUT2D eigenvalue weighted by Crippen LogP contribution is 2.26. The van der Waals surface area contributed by atoms with E-state index in [2.05, 4.69) is 30.6 Å². The molecule has 0 saturated heterocycles. The molecule has 0 unspecified atom stereocenters. The van der Waals surface area contributed by atoms with Crippen LogP contribution >= 0.6 is 0 Å². The summed E-state index contributed by atoms with van der Waals surface area (Å²) in [5.74, 6) is 0.673. The maximum absolute atomic E-state index is 5.79. The SMILES string of the molecule is C=Cc1ccc(-c2nc3ccccc3o2)cc1CC. The number of rotatable bonds is 3. The van der Waals surface area contributed by atoms with E-state index in [-0.39, 0.29) is 0 Å². The average Bonchev–Trinajstić information content (AvgIpc) is 2.90. The van der Waals surface area contributed by atoms with Gasteiger partial charge in [-0.2, -0.15) is 0 Å². The van der Waals surface area contributed by atoms with Crippen molar-refractivity contribution in [3.63, 3.8) is 0 Å². The van der Waals surface area contributed by atoms with Gasteiger partial charge in [-0.1, -0.05) is 37.8 Å². The summed E-state index contributed by atoms with van der Waals surface area (Å²) in [6, 6.07) is 14.0. The summed E-state index contributed by atoms with van der Waals surface area (Å²) >= 11 is 0. The number of benzene rings is 2. The lowest BCUT2D eigenvalue weighted by atomic mass is 10.0. The van der Waals surface area contributed by atoms with Crippen LogP contribution in [0.5, 0.6) is 0 Å². The molecule has 0 aliphatic carbocycles. The zero-order valence-electron chi connectivity index (χ0n) is 10.9. The van der Waals surface area contributed by atoms with Crippen LogP contribution in [-0.2, 0) is 6.42 Å². The Bertz CT molecular complexity index is 707. The first-order chi connectivity index (χ1) is 9.31. The molecular formula is C17H15NO. The van der Waals surface area contributed by atoms with Gasteiger partial charge in [0, 0.05) is 5.56 Å². The molecule has 2 heteroatoms. The number of para-hydroxylation sites is 2. The Morgan fingerprint density at radius 1 is 1.21 bits per heavy atom. The molecule has 0 saturated carbocycles. The predicted molar refractivity (Wildman–Crippen MR) is 78.9 cm³/mol. The van der Waals surface area contributed by atoms with Crippen LogP contribution in [0, 0.1) is 0 Å². The third-order valence-corrected chi connectivity index (χ3v) is 3.28. The van der Waals surface area contributed by atoms with Crippen molar-refractivity contribution in [2.75, 3.05) is 0 Å². The number of fused-ring (bicyclic) bond motifs is 1. The number of aryl methyl sites for hydroxylation is 1. The van der Waals surface area contributed by atoms with Gasteiger partial charge < -0.3 is 4.42 Å². The lowest BCUT2D eigenvalue weighted by Gasteiger charge is -2.04. The molecule has 0 fully saturated rings. The average molecular weight is 249 g/mol. The van der Waals surface area contributed by atoms with Crippen molar-refractivity contribution in [2.45, 2.75) is 13.3 Å². The number of hydrogen-bond donors (Lipinski definition) is 0. The molecule has 3 aromatic rings. The maximum Gasteiger partial charge on any atom is 0.227 e. The zero-order valence-corrected chi connectivity index (χ0v) is 10.9. The summed E-state index contributed by atoms with van der Waals surface area (Å²) in [5.41, 5.74) is 5.16. The molecule has 1 aromatic heterocycles. The molecule has 2 nitrogen and oxygen atoms in total. The number of oxazole rings is 1. The summed E-state index contributed by atoms with van der Waals surface area (Å²) in [4.78, 5) is 4.52. The fourth-order valence-corrected chi connectivity index (χ4v) is 2.24. The van der Waals surface area contributed by atoms with Gasteiger partial charge in [-0.3, -0.25) is 0 Å². The molecule has 0 atom stereocenters. The Kier molecular flexibility index (Phi) is 2.92. The standard InChI is InChI=1S/C17H15NO/c1-3-12-9-10-14(11-13(12)4-2)17-18-15-7-5-6-8-16(15)19-17/h3,5-11H,1,4H2,2H3. The van der Waals surface area contributed by atoms with Crippen molar-refractivity contribution < 1.29 is 4.42 Å². The van der Waals surface area contributed by atoms with E-state index in [9.17, 15) is 0 Å². The number of nitrogens with zero attached hydrogens (tertiary/aromatic N) is 1. The number of hydrogen-bond acceptors (Lipinski definition) is 2. The molecule has 0 spiro atoms. The number of aromatic nitrogens is 1. The molecule has 0 amide bonds. The van der Waals surface area contributed by atoms with Gasteiger partial charge >= 0.3 is 0 Å². The molecule has 1 heterocycles. The van der Waals surface area contributed by atoms with E-state index in [4.69, 9.17) is 4.42 Å². The van der Waals surface area contributed by atoms with Crippen LogP contribution in [0.2, 0.25) is 0 Å². The first-order valence-corrected chi connectivity index (χ1v) is 6.43. The van der Waals surface area contributed by atoms with Crippen molar-refractivity contribution in [3.05, 3.63) is 60.2 Å². The van der Waals surface area contributed by atoms with Crippen molar-refractivity contribution in [1.29, 1.82) is 0 Å². The maximum atomic E-state index is 5.79. The van der Waals surface area contributed by atoms with Gasteiger partial charge in [0.15, 0.2) is 5.58 Å².